The average Bonchev–Trinajstić information content (AvgIpc) is 3.06. The number of nitrogens with one attached hydrogen (secondary N) is 1. The van der Waals surface area contributed by atoms with E-state index in [0.29, 0.717) is 43.7 Å². The molecule has 1 fully saturated rings. The van der Waals surface area contributed by atoms with Crippen molar-refractivity contribution in [3.05, 3.63) is 23.8 Å². The molecule has 27 heavy (non-hydrogen) atoms. The molecule has 1 aliphatic heterocycles. The van der Waals surface area contributed by atoms with Crippen LogP contribution in [-0.4, -0.2) is 69.2 Å². The van der Waals surface area contributed by atoms with Crippen molar-refractivity contribution in [1.29, 1.82) is 0 Å². The standard InChI is InChI=1S/C19H29N5O3/c1-5-8-17(25)22-14-9-16(19(27)23(6-2)7-3)24(11-14)18(26)15-10-20-12-21-13(15)4/h10,12,14,16H,5-9,11H2,1-4H3,(H,22,25)/t14-,16+/m1/s1. The predicted octanol–water partition coefficient (Wildman–Crippen LogP) is 1.15. The summed E-state index contributed by atoms with van der Waals surface area (Å²) in [6, 6.07) is -0.827. The third kappa shape index (κ3) is 4.81. The second kappa shape index (κ2) is 9.43. The van der Waals surface area contributed by atoms with Crippen molar-refractivity contribution in [1.82, 2.24) is 25.1 Å². The van der Waals surface area contributed by atoms with E-state index < -0.39 is 6.04 Å². The normalized spacial score (nSPS) is 19.0. The van der Waals surface area contributed by atoms with Crippen LogP contribution < -0.4 is 5.32 Å². The average molecular weight is 375 g/mol. The molecule has 1 aromatic rings. The summed E-state index contributed by atoms with van der Waals surface area (Å²) in [7, 11) is 0. The zero-order valence-electron chi connectivity index (χ0n) is 16.6. The highest BCUT2D eigenvalue weighted by Crippen LogP contribution is 2.23. The molecule has 1 aliphatic rings. The maximum atomic E-state index is 13.1. The van der Waals surface area contributed by atoms with Crippen molar-refractivity contribution in [3.63, 3.8) is 0 Å². The van der Waals surface area contributed by atoms with E-state index in [0.717, 1.165) is 6.42 Å². The largest absolute Gasteiger partial charge is 0.351 e. The Balaban J connectivity index is 2.26. The van der Waals surface area contributed by atoms with E-state index in [2.05, 4.69) is 15.3 Å². The van der Waals surface area contributed by atoms with Gasteiger partial charge in [0.05, 0.1) is 11.3 Å². The Kier molecular flexibility index (Phi) is 7.27. The molecule has 0 saturated carbocycles. The molecule has 0 bridgehead atoms. The third-order valence-corrected chi connectivity index (χ3v) is 4.91. The van der Waals surface area contributed by atoms with E-state index in [1.165, 1.54) is 12.5 Å². The van der Waals surface area contributed by atoms with Gasteiger partial charge in [0, 0.05) is 38.3 Å². The summed E-state index contributed by atoms with van der Waals surface area (Å²) in [5, 5.41) is 2.96. The van der Waals surface area contributed by atoms with Crippen LogP contribution in [0.3, 0.4) is 0 Å². The Labute approximate surface area is 160 Å². The highest BCUT2D eigenvalue weighted by molar-refractivity contribution is 5.98. The van der Waals surface area contributed by atoms with Crippen molar-refractivity contribution in [2.24, 2.45) is 0 Å². The molecule has 0 unspecified atom stereocenters. The molecule has 1 saturated heterocycles. The second-order valence-electron chi connectivity index (χ2n) is 6.76. The summed E-state index contributed by atoms with van der Waals surface area (Å²) in [5.74, 6) is -0.411. The molecule has 2 atom stereocenters. The van der Waals surface area contributed by atoms with E-state index in [1.54, 1.807) is 16.7 Å². The molecular formula is C19H29N5O3. The molecule has 3 amide bonds. The van der Waals surface area contributed by atoms with Crippen molar-refractivity contribution >= 4 is 17.7 Å². The lowest BCUT2D eigenvalue weighted by atomic mass is 10.1. The molecule has 0 aliphatic carbocycles. The van der Waals surface area contributed by atoms with Crippen molar-refractivity contribution in [2.45, 2.75) is 59.0 Å². The van der Waals surface area contributed by atoms with Gasteiger partial charge >= 0.3 is 0 Å². The van der Waals surface area contributed by atoms with Gasteiger partial charge in [0.1, 0.15) is 12.4 Å². The summed E-state index contributed by atoms with van der Waals surface area (Å²) in [5.41, 5.74) is 0.956. The minimum atomic E-state index is -0.594. The minimum absolute atomic E-state index is 0.0509. The van der Waals surface area contributed by atoms with Crippen molar-refractivity contribution < 1.29 is 14.4 Å². The fraction of sp³-hybridized carbons (Fsp3) is 0.632. The number of nitrogens with zero attached hydrogens (tertiary/aromatic N) is 4. The van der Waals surface area contributed by atoms with Crippen molar-refractivity contribution in [2.75, 3.05) is 19.6 Å². The molecule has 148 valence electrons. The van der Waals surface area contributed by atoms with Gasteiger partial charge in [0.2, 0.25) is 11.8 Å². The molecule has 0 spiro atoms. The lowest BCUT2D eigenvalue weighted by Gasteiger charge is -2.29. The van der Waals surface area contributed by atoms with Gasteiger partial charge in [-0.15, -0.1) is 0 Å². The molecule has 8 nitrogen and oxygen atoms in total. The van der Waals surface area contributed by atoms with Crippen LogP contribution in [0.1, 0.15) is 56.1 Å². The first-order chi connectivity index (χ1) is 12.9. The summed E-state index contributed by atoms with van der Waals surface area (Å²) in [4.78, 5) is 49.4. The lowest BCUT2D eigenvalue weighted by Crippen LogP contribution is -2.48. The van der Waals surface area contributed by atoms with Crippen LogP contribution in [0.4, 0.5) is 0 Å². The molecule has 0 radical (unpaired) electrons. The van der Waals surface area contributed by atoms with Crippen LogP contribution in [0.2, 0.25) is 0 Å². The Morgan fingerprint density at radius 3 is 2.56 bits per heavy atom. The number of carbonyl (C=O) groups excluding carboxylic acids is 3. The topological polar surface area (TPSA) is 95.5 Å². The number of likely N-dealkylation sites (tertiary alicyclic amines) is 1. The fourth-order valence-corrected chi connectivity index (χ4v) is 3.43. The van der Waals surface area contributed by atoms with Gasteiger partial charge < -0.3 is 15.1 Å². The highest BCUT2D eigenvalue weighted by atomic mass is 16.2. The molecule has 1 aromatic heterocycles. The SMILES string of the molecule is CCCC(=O)N[C@@H]1C[C@@H](C(=O)N(CC)CC)N(C(=O)c2cncnc2C)C1. The first kappa shape index (κ1) is 20.8. The number of aryl methyl sites for hydroxylation is 1. The number of hydrogen-bond acceptors (Lipinski definition) is 5. The van der Waals surface area contributed by atoms with Crippen LogP contribution in [0, 0.1) is 6.92 Å². The first-order valence-electron chi connectivity index (χ1n) is 9.58. The Morgan fingerprint density at radius 1 is 1.26 bits per heavy atom. The molecule has 0 aromatic carbocycles. The van der Waals surface area contributed by atoms with Gasteiger partial charge in [0.25, 0.3) is 5.91 Å². The minimum Gasteiger partial charge on any atom is -0.351 e. The van der Waals surface area contributed by atoms with Crippen LogP contribution in [0.5, 0.6) is 0 Å². The van der Waals surface area contributed by atoms with E-state index in [1.807, 2.05) is 20.8 Å². The van der Waals surface area contributed by atoms with E-state index in [-0.39, 0.29) is 23.8 Å². The number of likely N-dealkylation sites (N-methyl/N-ethyl adjacent to an activating group) is 1. The molecule has 2 heterocycles. The quantitative estimate of drug-likeness (QED) is 0.771. The lowest BCUT2D eigenvalue weighted by molar-refractivity contribution is -0.135. The smallest absolute Gasteiger partial charge is 0.258 e. The Hall–Kier alpha value is -2.51. The van der Waals surface area contributed by atoms with Gasteiger partial charge in [-0.25, -0.2) is 9.97 Å². The van der Waals surface area contributed by atoms with Gasteiger partial charge in [-0.3, -0.25) is 14.4 Å². The number of amides is 3. The zero-order valence-corrected chi connectivity index (χ0v) is 16.6. The summed E-state index contributed by atoms with van der Waals surface area (Å²) >= 11 is 0. The van der Waals surface area contributed by atoms with E-state index >= 15 is 0 Å². The van der Waals surface area contributed by atoms with Gasteiger partial charge in [-0.1, -0.05) is 6.92 Å². The third-order valence-electron chi connectivity index (χ3n) is 4.91. The molecule has 1 N–H and O–H groups in total. The number of hydrogen-bond donors (Lipinski definition) is 1. The Bertz CT molecular complexity index is 690. The Morgan fingerprint density at radius 2 is 1.96 bits per heavy atom. The number of carbonyl (C=O) groups is 3. The van der Waals surface area contributed by atoms with Crippen LogP contribution in [0.15, 0.2) is 12.5 Å². The maximum Gasteiger partial charge on any atom is 0.258 e. The summed E-state index contributed by atoms with van der Waals surface area (Å²) < 4.78 is 0. The van der Waals surface area contributed by atoms with Crippen LogP contribution >= 0.6 is 0 Å². The first-order valence-corrected chi connectivity index (χ1v) is 9.58. The zero-order chi connectivity index (χ0) is 20.0. The number of rotatable bonds is 7. The van der Waals surface area contributed by atoms with E-state index in [4.69, 9.17) is 0 Å². The van der Waals surface area contributed by atoms with Crippen LogP contribution in [0.25, 0.3) is 0 Å². The predicted molar refractivity (Wildman–Crippen MR) is 101 cm³/mol. The highest BCUT2D eigenvalue weighted by Gasteiger charge is 2.42. The fourth-order valence-electron chi connectivity index (χ4n) is 3.43. The molecule has 2 rings (SSSR count). The monoisotopic (exact) mass is 375 g/mol. The molecule has 8 heteroatoms. The maximum absolute atomic E-state index is 13.1. The number of aromatic nitrogens is 2. The van der Waals surface area contributed by atoms with Crippen molar-refractivity contribution in [3.8, 4) is 0 Å². The van der Waals surface area contributed by atoms with Crippen LogP contribution in [-0.2, 0) is 9.59 Å². The summed E-state index contributed by atoms with van der Waals surface area (Å²) in [6.45, 7) is 8.97. The second-order valence-corrected chi connectivity index (χ2v) is 6.76. The van der Waals surface area contributed by atoms with Gasteiger partial charge in [-0.2, -0.15) is 0 Å². The van der Waals surface area contributed by atoms with Gasteiger partial charge in [0.15, 0.2) is 0 Å². The summed E-state index contributed by atoms with van der Waals surface area (Å²) in [6.07, 6.45) is 4.48. The molecular weight excluding hydrogens is 346 g/mol. The van der Waals surface area contributed by atoms with Gasteiger partial charge in [-0.05, 0) is 33.6 Å². The van der Waals surface area contributed by atoms with E-state index in [9.17, 15) is 14.4 Å².